The first-order valence-electron chi connectivity index (χ1n) is 10.8. The predicted octanol–water partition coefficient (Wildman–Crippen LogP) is 3.45. The number of benzene rings is 2. The number of carboxylic acid groups (broad SMARTS) is 1. The van der Waals surface area contributed by atoms with E-state index in [1.54, 1.807) is 0 Å². The van der Waals surface area contributed by atoms with Crippen molar-refractivity contribution in [1.29, 1.82) is 0 Å². The molecule has 0 saturated carbocycles. The lowest BCUT2D eigenvalue weighted by Gasteiger charge is -2.22. The molecular weight excluding hydrogens is 469 g/mol. The van der Waals surface area contributed by atoms with Crippen LogP contribution in [0.5, 0.6) is 0 Å². The van der Waals surface area contributed by atoms with Crippen molar-refractivity contribution >= 4 is 18.0 Å². The molecule has 0 bridgehead atoms. The molecule has 1 aliphatic rings. The molecule has 11 heteroatoms. The summed E-state index contributed by atoms with van der Waals surface area (Å²) in [6.45, 7) is -0.202. The summed E-state index contributed by atoms with van der Waals surface area (Å²) in [5.74, 6) is -3.06. The zero-order valence-corrected chi connectivity index (χ0v) is 18.8. The number of carboxylic acids is 1. The number of rotatable bonds is 10. The Balaban J connectivity index is 1.68. The maximum absolute atomic E-state index is 13.1. The second kappa shape index (κ2) is 11.2. The summed E-state index contributed by atoms with van der Waals surface area (Å²) in [4.78, 5) is 36.2. The minimum Gasteiger partial charge on any atom is -0.480 e. The highest BCUT2D eigenvalue weighted by Gasteiger charge is 2.38. The van der Waals surface area contributed by atoms with Gasteiger partial charge in [-0.25, -0.2) is 9.59 Å². The number of carbonyl (C=O) groups excluding carboxylic acids is 2. The van der Waals surface area contributed by atoms with E-state index < -0.39 is 42.7 Å². The Bertz CT molecular complexity index is 1030. The van der Waals surface area contributed by atoms with Crippen molar-refractivity contribution in [2.24, 2.45) is 0 Å². The van der Waals surface area contributed by atoms with Gasteiger partial charge in [0.25, 0.3) is 0 Å². The zero-order chi connectivity index (χ0) is 25.6. The van der Waals surface area contributed by atoms with Crippen LogP contribution in [0.15, 0.2) is 48.5 Å². The molecule has 3 rings (SSSR count). The van der Waals surface area contributed by atoms with E-state index >= 15 is 0 Å². The highest BCUT2D eigenvalue weighted by Crippen LogP contribution is 2.44. The number of ether oxygens (including phenoxy) is 2. The van der Waals surface area contributed by atoms with Gasteiger partial charge in [0.05, 0.1) is 6.42 Å². The molecule has 3 N–H and O–H groups in total. The van der Waals surface area contributed by atoms with E-state index in [1.165, 1.54) is 7.11 Å². The van der Waals surface area contributed by atoms with Crippen LogP contribution < -0.4 is 10.6 Å². The summed E-state index contributed by atoms with van der Waals surface area (Å²) in [6.07, 6.45) is -7.88. The van der Waals surface area contributed by atoms with Crippen LogP contribution >= 0.6 is 0 Å². The lowest BCUT2D eigenvalue weighted by Crippen LogP contribution is -2.53. The third-order valence-corrected chi connectivity index (χ3v) is 5.61. The van der Waals surface area contributed by atoms with Crippen molar-refractivity contribution in [1.82, 2.24) is 10.6 Å². The standard InChI is InChI=1S/C24H25F3N2O6/c1-34-11-10-19(22(31)32)28-21(30)20(12-24(25,26)27)29-23(33)35-13-18-16-8-4-2-6-14(16)15-7-3-5-9-17(15)18/h2-9,18-20H,10-13H2,1H3,(H,28,30)(H,29,33)(H,31,32). The summed E-state index contributed by atoms with van der Waals surface area (Å²) >= 11 is 0. The number of methoxy groups -OCH3 is 1. The van der Waals surface area contributed by atoms with Crippen LogP contribution in [0.2, 0.25) is 0 Å². The van der Waals surface area contributed by atoms with Gasteiger partial charge in [0.15, 0.2) is 0 Å². The van der Waals surface area contributed by atoms with Crippen LogP contribution in [0.25, 0.3) is 11.1 Å². The molecule has 0 heterocycles. The monoisotopic (exact) mass is 494 g/mol. The van der Waals surface area contributed by atoms with E-state index in [-0.39, 0.29) is 25.6 Å². The molecule has 2 atom stereocenters. The van der Waals surface area contributed by atoms with Crippen LogP contribution in [-0.4, -0.2) is 61.7 Å². The van der Waals surface area contributed by atoms with Crippen molar-refractivity contribution in [3.8, 4) is 11.1 Å². The third kappa shape index (κ3) is 6.72. The lowest BCUT2D eigenvalue weighted by atomic mass is 9.98. The average molecular weight is 494 g/mol. The molecule has 188 valence electrons. The van der Waals surface area contributed by atoms with Gasteiger partial charge in [-0.2, -0.15) is 13.2 Å². The number of alkyl halides is 3. The summed E-state index contributed by atoms with van der Waals surface area (Å²) < 4.78 is 49.2. The number of hydrogen-bond donors (Lipinski definition) is 3. The maximum Gasteiger partial charge on any atom is 0.407 e. The number of carbonyl (C=O) groups is 3. The topological polar surface area (TPSA) is 114 Å². The van der Waals surface area contributed by atoms with E-state index in [9.17, 15) is 32.7 Å². The van der Waals surface area contributed by atoms with Crippen molar-refractivity contribution < 1.29 is 42.1 Å². The van der Waals surface area contributed by atoms with Crippen LogP contribution in [0.4, 0.5) is 18.0 Å². The predicted molar refractivity (Wildman–Crippen MR) is 119 cm³/mol. The van der Waals surface area contributed by atoms with Crippen LogP contribution in [-0.2, 0) is 19.1 Å². The summed E-state index contributed by atoms with van der Waals surface area (Å²) in [5, 5.41) is 13.1. The van der Waals surface area contributed by atoms with Gasteiger partial charge in [-0.1, -0.05) is 48.5 Å². The van der Waals surface area contributed by atoms with E-state index in [2.05, 4.69) is 0 Å². The number of nitrogens with one attached hydrogen (secondary N) is 2. The summed E-state index contributed by atoms with van der Waals surface area (Å²) in [7, 11) is 1.31. The third-order valence-electron chi connectivity index (χ3n) is 5.61. The van der Waals surface area contributed by atoms with Crippen molar-refractivity contribution in [2.75, 3.05) is 20.3 Å². The fraction of sp³-hybridized carbons (Fsp3) is 0.375. The highest BCUT2D eigenvalue weighted by molar-refractivity contribution is 5.89. The van der Waals surface area contributed by atoms with E-state index in [4.69, 9.17) is 9.47 Å². The minimum absolute atomic E-state index is 0.0407. The fourth-order valence-corrected chi connectivity index (χ4v) is 3.99. The van der Waals surface area contributed by atoms with Crippen LogP contribution in [0.1, 0.15) is 29.9 Å². The molecule has 0 saturated heterocycles. The van der Waals surface area contributed by atoms with Crippen molar-refractivity contribution in [2.45, 2.75) is 37.0 Å². The number of amides is 2. The summed E-state index contributed by atoms with van der Waals surface area (Å²) in [5.41, 5.74) is 3.77. The minimum atomic E-state index is -4.80. The first-order valence-corrected chi connectivity index (χ1v) is 10.8. The SMILES string of the molecule is COCCC(NC(=O)C(CC(F)(F)F)NC(=O)OCC1c2ccccc2-c2ccccc21)C(=O)O. The largest absolute Gasteiger partial charge is 0.480 e. The van der Waals surface area contributed by atoms with E-state index in [0.29, 0.717) is 0 Å². The van der Waals surface area contributed by atoms with Crippen molar-refractivity contribution in [3.05, 3.63) is 59.7 Å². The Morgan fingerprint density at radius 2 is 1.54 bits per heavy atom. The Labute approximate surface area is 199 Å². The van der Waals surface area contributed by atoms with Gasteiger partial charge in [0.2, 0.25) is 5.91 Å². The number of halogens is 3. The quantitative estimate of drug-likeness (QED) is 0.466. The second-order valence-corrected chi connectivity index (χ2v) is 8.02. The molecule has 0 aliphatic heterocycles. The molecule has 8 nitrogen and oxygen atoms in total. The molecule has 35 heavy (non-hydrogen) atoms. The maximum atomic E-state index is 13.1. The summed E-state index contributed by atoms with van der Waals surface area (Å²) in [6, 6.07) is 11.5. The molecule has 0 radical (unpaired) electrons. The molecule has 0 spiro atoms. The van der Waals surface area contributed by atoms with E-state index in [1.807, 2.05) is 59.2 Å². The van der Waals surface area contributed by atoms with Gasteiger partial charge in [-0.15, -0.1) is 0 Å². The number of aliphatic carboxylic acids is 1. The molecular formula is C24H25F3N2O6. The van der Waals surface area contributed by atoms with Crippen LogP contribution in [0.3, 0.4) is 0 Å². The molecule has 2 amide bonds. The Kier molecular flexibility index (Phi) is 8.34. The smallest absolute Gasteiger partial charge is 0.407 e. The van der Waals surface area contributed by atoms with Crippen molar-refractivity contribution in [3.63, 3.8) is 0 Å². The fourth-order valence-electron chi connectivity index (χ4n) is 3.99. The molecule has 2 unspecified atom stereocenters. The Morgan fingerprint density at radius 1 is 0.971 bits per heavy atom. The molecule has 0 aromatic heterocycles. The van der Waals surface area contributed by atoms with Gasteiger partial charge in [0.1, 0.15) is 18.7 Å². The van der Waals surface area contributed by atoms with Gasteiger partial charge >= 0.3 is 18.2 Å². The highest BCUT2D eigenvalue weighted by atomic mass is 19.4. The zero-order valence-electron chi connectivity index (χ0n) is 18.8. The average Bonchev–Trinajstić information content (AvgIpc) is 3.12. The molecule has 1 aliphatic carbocycles. The first kappa shape index (κ1) is 26.0. The number of fused-ring (bicyclic) bond motifs is 3. The van der Waals surface area contributed by atoms with Gasteiger partial charge in [0, 0.05) is 26.1 Å². The molecule has 0 fully saturated rings. The lowest BCUT2D eigenvalue weighted by molar-refractivity contribution is -0.151. The van der Waals surface area contributed by atoms with E-state index in [0.717, 1.165) is 22.3 Å². The normalized spacial score (nSPS) is 14.4. The molecule has 2 aromatic rings. The molecule has 2 aromatic carbocycles. The van der Waals surface area contributed by atoms with Gasteiger partial charge in [-0.05, 0) is 22.3 Å². The first-order chi connectivity index (χ1) is 16.6. The van der Waals surface area contributed by atoms with Gasteiger partial charge < -0.3 is 25.2 Å². The number of alkyl carbamates (subject to hydrolysis) is 1. The Morgan fingerprint density at radius 3 is 2.06 bits per heavy atom. The Hall–Kier alpha value is -3.60. The number of hydrogen-bond acceptors (Lipinski definition) is 5. The van der Waals surface area contributed by atoms with Gasteiger partial charge in [-0.3, -0.25) is 4.79 Å². The second-order valence-electron chi connectivity index (χ2n) is 8.02. The van der Waals surface area contributed by atoms with Crippen LogP contribution in [0, 0.1) is 0 Å².